The number of likely N-dealkylation sites (tertiary alicyclic amines) is 1. The van der Waals surface area contributed by atoms with Crippen molar-refractivity contribution in [1.82, 2.24) is 9.80 Å². The van der Waals surface area contributed by atoms with Crippen molar-refractivity contribution < 1.29 is 24.2 Å². The zero-order valence-electron chi connectivity index (χ0n) is 22.6. The number of esters is 1. The molecule has 2 amide bonds. The van der Waals surface area contributed by atoms with Crippen molar-refractivity contribution in [3.63, 3.8) is 0 Å². The number of hydrogen-bond acceptors (Lipinski definition) is 6. The Morgan fingerprint density at radius 3 is 2.54 bits per heavy atom. The van der Waals surface area contributed by atoms with Crippen molar-refractivity contribution in [2.75, 3.05) is 19.8 Å². The Kier molecular flexibility index (Phi) is 7.56. The van der Waals surface area contributed by atoms with Crippen LogP contribution in [-0.2, 0) is 25.5 Å². The van der Waals surface area contributed by atoms with E-state index in [0.29, 0.717) is 19.4 Å². The van der Waals surface area contributed by atoms with Crippen LogP contribution in [0.25, 0.3) is 0 Å². The van der Waals surface area contributed by atoms with Crippen LogP contribution in [0, 0.1) is 11.8 Å². The lowest BCUT2D eigenvalue weighted by atomic mass is 9.66. The maximum Gasteiger partial charge on any atom is 0.311 e. The second-order valence-corrected chi connectivity index (χ2v) is 13.6. The lowest BCUT2D eigenvalue weighted by molar-refractivity contribution is -0.155. The summed E-state index contributed by atoms with van der Waals surface area (Å²) in [6.07, 6.45) is 3.50. The zero-order valence-corrected chi connectivity index (χ0v) is 23.4. The minimum absolute atomic E-state index is 0.156. The first kappa shape index (κ1) is 27.7. The highest BCUT2D eigenvalue weighted by atomic mass is 32.2. The van der Waals surface area contributed by atoms with Gasteiger partial charge >= 0.3 is 5.97 Å². The quantitative estimate of drug-likeness (QED) is 0.390. The van der Waals surface area contributed by atoms with E-state index in [1.807, 2.05) is 58.0 Å². The maximum absolute atomic E-state index is 14.5. The molecule has 4 rings (SSSR count). The number of hydrogen-bond donors (Lipinski definition) is 1. The Morgan fingerprint density at radius 2 is 1.97 bits per heavy atom. The molecule has 1 aromatic carbocycles. The number of benzene rings is 1. The van der Waals surface area contributed by atoms with Gasteiger partial charge in [0.25, 0.3) is 0 Å². The number of fused-ring (bicyclic) bond motifs is 1. The molecule has 3 fully saturated rings. The highest BCUT2D eigenvalue weighted by Gasteiger charge is 2.78. The number of amides is 2. The van der Waals surface area contributed by atoms with Gasteiger partial charge in [-0.3, -0.25) is 14.4 Å². The van der Waals surface area contributed by atoms with Crippen molar-refractivity contribution in [3.8, 4) is 0 Å². The minimum Gasteiger partial charge on any atom is -0.466 e. The predicted molar refractivity (Wildman–Crippen MR) is 145 cm³/mol. The van der Waals surface area contributed by atoms with Crippen molar-refractivity contribution in [2.45, 2.75) is 81.0 Å². The molecule has 2 bridgehead atoms. The average Bonchev–Trinajstić information content (AvgIpc) is 3.41. The number of carbonyl (C=O) groups is 3. The predicted octanol–water partition coefficient (Wildman–Crippen LogP) is 3.45. The Morgan fingerprint density at radius 1 is 1.30 bits per heavy atom. The lowest BCUT2D eigenvalue weighted by Crippen LogP contribution is -2.60. The van der Waals surface area contributed by atoms with Gasteiger partial charge in [0.1, 0.15) is 6.04 Å². The summed E-state index contributed by atoms with van der Waals surface area (Å²) in [5.41, 5.74) is 0.467. The van der Waals surface area contributed by atoms with Crippen LogP contribution in [0.2, 0.25) is 0 Å². The number of ether oxygens (including phenoxy) is 1. The number of aliphatic hydroxyl groups is 1. The Bertz CT molecular complexity index is 1060. The topological polar surface area (TPSA) is 87.2 Å². The summed E-state index contributed by atoms with van der Waals surface area (Å²) in [7, 11) is 0. The van der Waals surface area contributed by atoms with Gasteiger partial charge in [-0.25, -0.2) is 0 Å². The molecule has 3 aliphatic heterocycles. The van der Waals surface area contributed by atoms with Crippen LogP contribution >= 0.6 is 11.8 Å². The number of rotatable bonds is 9. The molecule has 0 aromatic heterocycles. The first-order chi connectivity index (χ1) is 17.4. The van der Waals surface area contributed by atoms with E-state index < -0.39 is 39.0 Å². The van der Waals surface area contributed by atoms with Crippen molar-refractivity contribution >= 4 is 29.5 Å². The molecule has 3 heterocycles. The molecule has 1 aromatic rings. The first-order valence-corrected chi connectivity index (χ1v) is 14.0. The number of carbonyl (C=O) groups excluding carboxylic acids is 3. The van der Waals surface area contributed by atoms with E-state index in [0.717, 1.165) is 12.0 Å². The van der Waals surface area contributed by atoms with Crippen LogP contribution in [0.5, 0.6) is 0 Å². The van der Waals surface area contributed by atoms with Gasteiger partial charge in [0.2, 0.25) is 11.8 Å². The molecule has 3 saturated heterocycles. The van der Waals surface area contributed by atoms with Crippen molar-refractivity contribution in [2.24, 2.45) is 11.8 Å². The SMILES string of the molecule is C=CCN(C(=O)C1N([C@@H](CO)Cc2ccccc2)C(=O)[C@@H]2[C@H](C(=O)OCC)[C@]3(C)CCC12S3)C(C)(C)C. The van der Waals surface area contributed by atoms with E-state index in [4.69, 9.17) is 4.74 Å². The molecule has 3 aliphatic rings. The Balaban J connectivity index is 1.84. The third kappa shape index (κ3) is 4.50. The summed E-state index contributed by atoms with van der Waals surface area (Å²) in [6, 6.07) is 8.30. The molecule has 37 heavy (non-hydrogen) atoms. The van der Waals surface area contributed by atoms with E-state index >= 15 is 0 Å². The fourth-order valence-corrected chi connectivity index (χ4v) is 9.06. The largest absolute Gasteiger partial charge is 0.466 e. The highest BCUT2D eigenvalue weighted by molar-refractivity contribution is 8.02. The summed E-state index contributed by atoms with van der Waals surface area (Å²) < 4.78 is 4.24. The molecule has 202 valence electrons. The van der Waals surface area contributed by atoms with Gasteiger partial charge in [0.05, 0.1) is 35.8 Å². The summed E-state index contributed by atoms with van der Waals surface area (Å²) in [4.78, 5) is 45.6. The van der Waals surface area contributed by atoms with Crippen molar-refractivity contribution in [3.05, 3.63) is 48.6 Å². The van der Waals surface area contributed by atoms with Gasteiger partial charge < -0.3 is 19.6 Å². The van der Waals surface area contributed by atoms with Crippen LogP contribution in [0.15, 0.2) is 43.0 Å². The molecule has 7 nitrogen and oxygen atoms in total. The van der Waals surface area contributed by atoms with Crippen molar-refractivity contribution in [1.29, 1.82) is 0 Å². The molecule has 1 spiro atoms. The van der Waals surface area contributed by atoms with Crippen LogP contribution < -0.4 is 0 Å². The summed E-state index contributed by atoms with van der Waals surface area (Å²) in [5, 5.41) is 10.6. The smallest absolute Gasteiger partial charge is 0.311 e. The van der Waals surface area contributed by atoms with E-state index in [9.17, 15) is 19.5 Å². The van der Waals surface area contributed by atoms with Crippen LogP contribution in [0.4, 0.5) is 0 Å². The minimum atomic E-state index is -0.795. The fourth-order valence-electron chi connectivity index (χ4n) is 6.73. The molecular formula is C29H40N2O5S. The number of nitrogens with zero attached hydrogens (tertiary/aromatic N) is 2. The van der Waals surface area contributed by atoms with Gasteiger partial charge in [-0.1, -0.05) is 36.4 Å². The normalized spacial score (nSPS) is 31.2. The van der Waals surface area contributed by atoms with Crippen LogP contribution in [0.1, 0.15) is 53.0 Å². The van der Waals surface area contributed by atoms with E-state index in [1.54, 1.807) is 34.6 Å². The molecule has 0 saturated carbocycles. The molecule has 0 radical (unpaired) electrons. The maximum atomic E-state index is 14.5. The van der Waals surface area contributed by atoms with Gasteiger partial charge in [-0.2, -0.15) is 0 Å². The van der Waals surface area contributed by atoms with Gasteiger partial charge in [0, 0.05) is 16.8 Å². The summed E-state index contributed by atoms with van der Waals surface area (Å²) >= 11 is 1.62. The third-order valence-electron chi connectivity index (χ3n) is 8.29. The number of thioether (sulfide) groups is 1. The molecule has 6 atom stereocenters. The van der Waals surface area contributed by atoms with Gasteiger partial charge in [-0.05, 0) is 59.4 Å². The second kappa shape index (κ2) is 10.1. The zero-order chi connectivity index (χ0) is 27.2. The molecule has 1 N–H and O–H groups in total. The van der Waals surface area contributed by atoms with Crippen LogP contribution in [-0.4, -0.2) is 79.6 Å². The molecular weight excluding hydrogens is 488 g/mol. The molecule has 2 unspecified atom stereocenters. The second-order valence-electron chi connectivity index (χ2n) is 11.7. The standard InChI is InChI=1S/C29H40N2O5S/c1-7-16-30(27(3,4)5)25(34)23-29-15-14-28(6,37-29)22(26(35)36-8-2)21(29)24(33)31(23)20(18-32)17-19-12-10-9-11-13-19/h7,9-13,20-23,32H,1,8,14-18H2,2-6H3/t20-,21+,22-,23?,28+,29?/m1/s1. The Labute approximate surface area is 224 Å². The number of aliphatic hydroxyl groups excluding tert-OH is 1. The third-order valence-corrected chi connectivity index (χ3v) is 10.3. The summed E-state index contributed by atoms with van der Waals surface area (Å²) in [5.74, 6) is -2.05. The van der Waals surface area contributed by atoms with E-state index in [-0.39, 0.29) is 31.0 Å². The van der Waals surface area contributed by atoms with E-state index in [1.165, 1.54) is 0 Å². The lowest BCUT2D eigenvalue weighted by Gasteiger charge is -2.43. The summed E-state index contributed by atoms with van der Waals surface area (Å²) in [6.45, 7) is 13.9. The monoisotopic (exact) mass is 528 g/mol. The Hall–Kier alpha value is -2.32. The van der Waals surface area contributed by atoms with Gasteiger partial charge in [-0.15, -0.1) is 18.3 Å². The first-order valence-electron chi connectivity index (χ1n) is 13.2. The van der Waals surface area contributed by atoms with E-state index in [2.05, 4.69) is 6.58 Å². The molecule has 0 aliphatic carbocycles. The average molecular weight is 529 g/mol. The fraction of sp³-hybridized carbons (Fsp3) is 0.621. The van der Waals surface area contributed by atoms with Crippen LogP contribution in [0.3, 0.4) is 0 Å². The molecule has 8 heteroatoms. The van der Waals surface area contributed by atoms with Gasteiger partial charge in [0.15, 0.2) is 0 Å². The highest BCUT2D eigenvalue weighted by Crippen LogP contribution is 2.71.